The van der Waals surface area contributed by atoms with E-state index < -0.39 is 5.97 Å². The Balaban J connectivity index is 2.84. The highest BCUT2D eigenvalue weighted by atomic mass is 16.5. The van der Waals surface area contributed by atoms with Crippen molar-refractivity contribution in [2.45, 2.75) is 13.0 Å². The number of carboxylic acid groups (broad SMARTS) is 1. The molecule has 0 aliphatic carbocycles. The van der Waals surface area contributed by atoms with Crippen LogP contribution in [0, 0.1) is 0 Å². The van der Waals surface area contributed by atoms with Gasteiger partial charge in [-0.05, 0) is 6.92 Å². The summed E-state index contributed by atoms with van der Waals surface area (Å²) in [4.78, 5) is 14.1. The highest BCUT2D eigenvalue weighted by Crippen LogP contribution is 2.14. The average molecular weight is 171 g/mol. The predicted octanol–water partition coefficient (Wildman–Crippen LogP) is 1.08. The molecule has 0 aromatic carbocycles. The van der Waals surface area contributed by atoms with Crippen LogP contribution in [0.4, 0.5) is 0 Å². The van der Waals surface area contributed by atoms with Crippen LogP contribution in [0.1, 0.15) is 29.4 Å². The van der Waals surface area contributed by atoms with E-state index in [1.165, 1.54) is 7.11 Å². The van der Waals surface area contributed by atoms with Crippen molar-refractivity contribution in [2.24, 2.45) is 0 Å². The fraction of sp³-hybridized carbons (Fsp3) is 0.429. The van der Waals surface area contributed by atoms with Gasteiger partial charge in [-0.1, -0.05) is 0 Å². The van der Waals surface area contributed by atoms with Crippen LogP contribution in [0.3, 0.4) is 0 Å². The predicted molar refractivity (Wildman–Crippen MR) is 38.9 cm³/mol. The van der Waals surface area contributed by atoms with Gasteiger partial charge in [-0.2, -0.15) is 0 Å². The van der Waals surface area contributed by atoms with Crippen molar-refractivity contribution in [3.8, 4) is 0 Å². The average Bonchev–Trinajstić information content (AvgIpc) is 2.51. The number of aromatic nitrogens is 1. The lowest BCUT2D eigenvalue weighted by atomic mass is 10.4. The summed E-state index contributed by atoms with van der Waals surface area (Å²) in [5, 5.41) is 8.49. The summed E-state index contributed by atoms with van der Waals surface area (Å²) in [6, 6.07) is 0. The van der Waals surface area contributed by atoms with Gasteiger partial charge in [0.05, 0.1) is 0 Å². The van der Waals surface area contributed by atoms with Gasteiger partial charge in [-0.15, -0.1) is 0 Å². The summed E-state index contributed by atoms with van der Waals surface area (Å²) >= 11 is 0. The Hall–Kier alpha value is -1.36. The Morgan fingerprint density at radius 2 is 2.50 bits per heavy atom. The molecule has 0 spiro atoms. The minimum atomic E-state index is -1.10. The fourth-order valence-electron chi connectivity index (χ4n) is 0.673. The maximum atomic E-state index is 10.4. The van der Waals surface area contributed by atoms with Gasteiger partial charge >= 0.3 is 5.97 Å². The van der Waals surface area contributed by atoms with Crippen molar-refractivity contribution >= 4 is 5.97 Å². The summed E-state index contributed by atoms with van der Waals surface area (Å²) in [5.74, 6) is -0.830. The summed E-state index contributed by atoms with van der Waals surface area (Å²) < 4.78 is 9.74. The smallest absolute Gasteiger partial charge is 0.357 e. The first kappa shape index (κ1) is 8.73. The number of hydrogen-bond acceptors (Lipinski definition) is 4. The molecule has 1 aromatic rings. The molecule has 0 saturated carbocycles. The molecule has 1 rings (SSSR count). The second-order valence-corrected chi connectivity index (χ2v) is 2.25. The van der Waals surface area contributed by atoms with Crippen LogP contribution in [0.5, 0.6) is 0 Å². The summed E-state index contributed by atoms with van der Waals surface area (Å²) in [7, 11) is 1.50. The summed E-state index contributed by atoms with van der Waals surface area (Å²) in [6.45, 7) is 1.72. The lowest BCUT2D eigenvalue weighted by Crippen LogP contribution is -1.99. The van der Waals surface area contributed by atoms with Gasteiger partial charge in [0.1, 0.15) is 12.4 Å². The SMILES string of the molecule is CO[C@@H](C)c1nc(C(=O)O)co1. The van der Waals surface area contributed by atoms with E-state index in [0.29, 0.717) is 0 Å². The van der Waals surface area contributed by atoms with Crippen LogP contribution in [0.15, 0.2) is 10.7 Å². The van der Waals surface area contributed by atoms with E-state index in [4.69, 9.17) is 14.3 Å². The van der Waals surface area contributed by atoms with Gasteiger partial charge in [0.25, 0.3) is 0 Å². The van der Waals surface area contributed by atoms with Crippen LogP contribution in [-0.2, 0) is 4.74 Å². The van der Waals surface area contributed by atoms with Gasteiger partial charge in [-0.25, -0.2) is 9.78 Å². The molecule has 0 bridgehead atoms. The lowest BCUT2D eigenvalue weighted by molar-refractivity contribution is 0.0690. The van der Waals surface area contributed by atoms with Gasteiger partial charge in [0.15, 0.2) is 5.69 Å². The lowest BCUT2D eigenvalue weighted by Gasteiger charge is -2.01. The van der Waals surface area contributed by atoms with Crippen molar-refractivity contribution in [2.75, 3.05) is 7.11 Å². The minimum absolute atomic E-state index is 0.103. The van der Waals surface area contributed by atoms with Gasteiger partial charge < -0.3 is 14.3 Å². The van der Waals surface area contributed by atoms with E-state index >= 15 is 0 Å². The molecule has 1 atom stereocenters. The maximum absolute atomic E-state index is 10.4. The van der Waals surface area contributed by atoms with Crippen LogP contribution >= 0.6 is 0 Å². The van der Waals surface area contributed by atoms with Gasteiger partial charge in [0, 0.05) is 7.11 Å². The highest BCUT2D eigenvalue weighted by Gasteiger charge is 2.14. The molecular weight excluding hydrogens is 162 g/mol. The monoisotopic (exact) mass is 171 g/mol. The standard InChI is InChI=1S/C7H9NO4/c1-4(11-2)6-8-5(3-12-6)7(9)10/h3-4H,1-2H3,(H,9,10)/t4-/m0/s1. The summed E-state index contributed by atoms with van der Waals surface area (Å²) in [5.41, 5.74) is -0.103. The Bertz CT molecular complexity index is 281. The van der Waals surface area contributed by atoms with Crippen molar-refractivity contribution in [1.82, 2.24) is 4.98 Å². The van der Waals surface area contributed by atoms with Crippen molar-refractivity contribution in [3.63, 3.8) is 0 Å². The number of carboxylic acids is 1. The second kappa shape index (κ2) is 3.36. The fourth-order valence-corrected chi connectivity index (χ4v) is 0.673. The van der Waals surface area contributed by atoms with E-state index in [0.717, 1.165) is 6.26 Å². The van der Waals surface area contributed by atoms with Crippen LogP contribution in [-0.4, -0.2) is 23.2 Å². The Morgan fingerprint density at radius 3 is 2.92 bits per heavy atom. The first-order valence-corrected chi connectivity index (χ1v) is 3.36. The van der Waals surface area contributed by atoms with Crippen LogP contribution < -0.4 is 0 Å². The number of hydrogen-bond donors (Lipinski definition) is 1. The normalized spacial score (nSPS) is 12.8. The molecule has 1 aromatic heterocycles. The maximum Gasteiger partial charge on any atom is 0.357 e. The number of rotatable bonds is 3. The number of ether oxygens (including phenoxy) is 1. The van der Waals surface area contributed by atoms with Crippen LogP contribution in [0.2, 0.25) is 0 Å². The zero-order valence-electron chi connectivity index (χ0n) is 6.77. The molecule has 0 radical (unpaired) electrons. The quantitative estimate of drug-likeness (QED) is 0.736. The molecule has 5 nitrogen and oxygen atoms in total. The Labute approximate surface area is 69.0 Å². The third kappa shape index (κ3) is 1.62. The van der Waals surface area contributed by atoms with E-state index in [9.17, 15) is 4.79 Å². The molecular formula is C7H9NO4. The largest absolute Gasteiger partial charge is 0.476 e. The first-order chi connectivity index (χ1) is 5.65. The van der Waals surface area contributed by atoms with Gasteiger partial charge in [0.2, 0.25) is 5.89 Å². The van der Waals surface area contributed by atoms with E-state index in [1.807, 2.05) is 0 Å². The number of aromatic carboxylic acids is 1. The topological polar surface area (TPSA) is 72.6 Å². The molecule has 12 heavy (non-hydrogen) atoms. The molecule has 1 heterocycles. The summed E-state index contributed by atoms with van der Waals surface area (Å²) in [6.07, 6.45) is 0.769. The second-order valence-electron chi connectivity index (χ2n) is 2.25. The van der Waals surface area contributed by atoms with E-state index in [-0.39, 0.29) is 17.7 Å². The van der Waals surface area contributed by atoms with E-state index in [1.54, 1.807) is 6.92 Å². The van der Waals surface area contributed by atoms with E-state index in [2.05, 4.69) is 4.98 Å². The molecule has 0 saturated heterocycles. The molecule has 0 aliphatic rings. The number of carbonyl (C=O) groups is 1. The molecule has 0 unspecified atom stereocenters. The number of nitrogens with zero attached hydrogens (tertiary/aromatic N) is 1. The number of oxazole rings is 1. The first-order valence-electron chi connectivity index (χ1n) is 3.36. The zero-order chi connectivity index (χ0) is 9.14. The zero-order valence-corrected chi connectivity index (χ0v) is 6.77. The number of methoxy groups -OCH3 is 1. The molecule has 0 amide bonds. The molecule has 5 heteroatoms. The Kier molecular flexibility index (Phi) is 2.44. The van der Waals surface area contributed by atoms with Crippen molar-refractivity contribution in [3.05, 3.63) is 17.8 Å². The minimum Gasteiger partial charge on any atom is -0.476 e. The third-order valence-corrected chi connectivity index (χ3v) is 1.44. The molecule has 1 N–H and O–H groups in total. The Morgan fingerprint density at radius 1 is 1.83 bits per heavy atom. The molecule has 0 fully saturated rings. The van der Waals surface area contributed by atoms with Crippen LogP contribution in [0.25, 0.3) is 0 Å². The van der Waals surface area contributed by atoms with Gasteiger partial charge in [-0.3, -0.25) is 0 Å². The molecule has 0 aliphatic heterocycles. The third-order valence-electron chi connectivity index (χ3n) is 1.44. The van der Waals surface area contributed by atoms with Crippen molar-refractivity contribution < 1.29 is 19.1 Å². The van der Waals surface area contributed by atoms with Crippen molar-refractivity contribution in [1.29, 1.82) is 0 Å². The highest BCUT2D eigenvalue weighted by molar-refractivity contribution is 5.84. The molecule has 66 valence electrons.